The van der Waals surface area contributed by atoms with E-state index in [9.17, 15) is 9.59 Å². The van der Waals surface area contributed by atoms with Crippen LogP contribution in [-0.2, 0) is 9.78 Å². The SMILES string of the molecule is CC(C)(C)OOC(C)(C)C.O=C(O)c1ccccc1C(=O)O. The maximum Gasteiger partial charge on any atom is 0.336 e. The molecule has 0 fully saturated rings. The van der Waals surface area contributed by atoms with Crippen LogP contribution in [0.2, 0.25) is 0 Å². The van der Waals surface area contributed by atoms with E-state index in [1.165, 1.54) is 24.3 Å². The van der Waals surface area contributed by atoms with Crippen LogP contribution in [0.15, 0.2) is 24.3 Å². The van der Waals surface area contributed by atoms with E-state index < -0.39 is 11.9 Å². The highest BCUT2D eigenvalue weighted by molar-refractivity contribution is 6.01. The number of aromatic carboxylic acids is 2. The summed E-state index contributed by atoms with van der Waals surface area (Å²) in [4.78, 5) is 31.1. The van der Waals surface area contributed by atoms with Crippen molar-refractivity contribution in [1.82, 2.24) is 0 Å². The molecule has 0 amide bonds. The lowest BCUT2D eigenvalue weighted by atomic mass is 10.1. The highest BCUT2D eigenvalue weighted by Gasteiger charge is 2.18. The first kappa shape index (κ1) is 20.1. The lowest BCUT2D eigenvalue weighted by Crippen LogP contribution is -2.27. The summed E-state index contributed by atoms with van der Waals surface area (Å²) in [6, 6.07) is 5.48. The molecule has 124 valence electrons. The molecule has 0 bridgehead atoms. The smallest absolute Gasteiger partial charge is 0.336 e. The number of hydrogen-bond acceptors (Lipinski definition) is 4. The minimum Gasteiger partial charge on any atom is -0.478 e. The molecular weight excluding hydrogens is 288 g/mol. The average Bonchev–Trinajstić information content (AvgIpc) is 2.35. The van der Waals surface area contributed by atoms with Gasteiger partial charge in [-0.2, -0.15) is 0 Å². The first-order valence-corrected chi connectivity index (χ1v) is 6.76. The standard InChI is InChI=1S/C8H6O4.C8H18O2/c9-7(10)5-3-1-2-4-6(5)8(11)12;1-7(2,3)9-10-8(4,5)6/h1-4H,(H,9,10)(H,11,12);1-6H3. The Morgan fingerprint density at radius 1 is 0.773 bits per heavy atom. The lowest BCUT2D eigenvalue weighted by Gasteiger charge is -2.24. The van der Waals surface area contributed by atoms with E-state index in [0.717, 1.165) is 0 Å². The van der Waals surface area contributed by atoms with Crippen LogP contribution in [0, 0.1) is 0 Å². The van der Waals surface area contributed by atoms with Gasteiger partial charge >= 0.3 is 11.9 Å². The summed E-state index contributed by atoms with van der Waals surface area (Å²) in [6.45, 7) is 11.7. The zero-order valence-electron chi connectivity index (χ0n) is 13.8. The molecule has 1 rings (SSSR count). The molecular formula is C16H24O6. The monoisotopic (exact) mass is 312 g/mol. The third-order valence-electron chi connectivity index (χ3n) is 1.93. The minimum absolute atomic E-state index is 0.190. The second-order valence-corrected chi connectivity index (χ2v) is 6.55. The molecule has 0 spiro atoms. The van der Waals surface area contributed by atoms with Gasteiger partial charge in [-0.25, -0.2) is 19.4 Å². The molecule has 6 heteroatoms. The first-order valence-electron chi connectivity index (χ1n) is 6.76. The number of rotatable bonds is 3. The van der Waals surface area contributed by atoms with Crippen LogP contribution in [0.1, 0.15) is 62.3 Å². The van der Waals surface area contributed by atoms with E-state index in [0.29, 0.717) is 0 Å². The van der Waals surface area contributed by atoms with Gasteiger partial charge in [-0.3, -0.25) is 0 Å². The van der Waals surface area contributed by atoms with Gasteiger partial charge in [-0.05, 0) is 53.7 Å². The minimum atomic E-state index is -1.23. The summed E-state index contributed by atoms with van der Waals surface area (Å²) in [7, 11) is 0. The van der Waals surface area contributed by atoms with Crippen LogP contribution in [0.3, 0.4) is 0 Å². The molecule has 0 aromatic heterocycles. The van der Waals surface area contributed by atoms with Crippen LogP contribution in [0.4, 0.5) is 0 Å². The van der Waals surface area contributed by atoms with Crippen LogP contribution < -0.4 is 0 Å². The molecule has 0 saturated heterocycles. The van der Waals surface area contributed by atoms with Gasteiger partial charge in [-0.15, -0.1) is 0 Å². The molecule has 0 aliphatic rings. The van der Waals surface area contributed by atoms with Gasteiger partial charge in [0.15, 0.2) is 0 Å². The number of hydrogen-bond donors (Lipinski definition) is 2. The number of carboxylic acids is 2. The lowest BCUT2D eigenvalue weighted by molar-refractivity contribution is -0.393. The first-order chi connectivity index (χ1) is 9.83. The second-order valence-electron chi connectivity index (χ2n) is 6.55. The third kappa shape index (κ3) is 9.10. The predicted molar refractivity (Wildman–Crippen MR) is 82.0 cm³/mol. The van der Waals surface area contributed by atoms with Crippen molar-refractivity contribution < 1.29 is 29.6 Å². The van der Waals surface area contributed by atoms with E-state index in [2.05, 4.69) is 0 Å². The van der Waals surface area contributed by atoms with Gasteiger partial charge in [0.25, 0.3) is 0 Å². The molecule has 1 aromatic rings. The highest BCUT2D eigenvalue weighted by Crippen LogP contribution is 2.14. The molecule has 0 saturated carbocycles. The molecule has 1 aromatic carbocycles. The van der Waals surface area contributed by atoms with Gasteiger partial charge in [0, 0.05) is 0 Å². The topological polar surface area (TPSA) is 93.1 Å². The van der Waals surface area contributed by atoms with Crippen molar-refractivity contribution in [3.63, 3.8) is 0 Å². The van der Waals surface area contributed by atoms with Gasteiger partial charge in [0.2, 0.25) is 0 Å². The summed E-state index contributed by atoms with van der Waals surface area (Å²) >= 11 is 0. The normalized spacial score (nSPS) is 11.4. The molecule has 6 nitrogen and oxygen atoms in total. The quantitative estimate of drug-likeness (QED) is 0.654. The molecule has 0 atom stereocenters. The van der Waals surface area contributed by atoms with Crippen molar-refractivity contribution >= 4 is 11.9 Å². The van der Waals surface area contributed by atoms with Crippen LogP contribution >= 0.6 is 0 Å². The Hall–Kier alpha value is -1.92. The molecule has 0 aliphatic heterocycles. The van der Waals surface area contributed by atoms with E-state index in [4.69, 9.17) is 20.0 Å². The van der Waals surface area contributed by atoms with E-state index >= 15 is 0 Å². The van der Waals surface area contributed by atoms with Crippen molar-refractivity contribution in [2.75, 3.05) is 0 Å². The average molecular weight is 312 g/mol. The summed E-state index contributed by atoms with van der Waals surface area (Å²) in [5.41, 5.74) is -0.810. The van der Waals surface area contributed by atoms with Crippen molar-refractivity contribution in [3.8, 4) is 0 Å². The molecule has 0 unspecified atom stereocenters. The Morgan fingerprint density at radius 2 is 1.05 bits per heavy atom. The fourth-order valence-electron chi connectivity index (χ4n) is 1.11. The summed E-state index contributed by atoms with van der Waals surface area (Å²) in [5.74, 6) is -2.46. The van der Waals surface area contributed by atoms with Crippen molar-refractivity contribution in [2.24, 2.45) is 0 Å². The zero-order valence-corrected chi connectivity index (χ0v) is 13.8. The maximum atomic E-state index is 10.5. The Morgan fingerprint density at radius 3 is 1.23 bits per heavy atom. The number of benzene rings is 1. The molecule has 0 aliphatic carbocycles. The van der Waals surface area contributed by atoms with Crippen molar-refractivity contribution in [3.05, 3.63) is 35.4 Å². The third-order valence-corrected chi connectivity index (χ3v) is 1.93. The van der Waals surface area contributed by atoms with Crippen LogP contribution in [0.25, 0.3) is 0 Å². The second kappa shape index (κ2) is 7.91. The van der Waals surface area contributed by atoms with Gasteiger partial charge in [-0.1, -0.05) is 12.1 Å². The predicted octanol–water partition coefficient (Wildman–Crippen LogP) is 3.61. The maximum absolute atomic E-state index is 10.5. The Balaban J connectivity index is 0.000000409. The molecule has 0 radical (unpaired) electrons. The van der Waals surface area contributed by atoms with Gasteiger partial charge < -0.3 is 10.2 Å². The largest absolute Gasteiger partial charge is 0.478 e. The van der Waals surface area contributed by atoms with E-state index in [-0.39, 0.29) is 22.3 Å². The van der Waals surface area contributed by atoms with E-state index in [1.54, 1.807) is 0 Å². The molecule has 0 heterocycles. The van der Waals surface area contributed by atoms with Crippen LogP contribution in [-0.4, -0.2) is 33.4 Å². The Bertz CT molecular complexity index is 461. The summed E-state index contributed by atoms with van der Waals surface area (Å²) in [6.07, 6.45) is 0. The van der Waals surface area contributed by atoms with Crippen molar-refractivity contribution in [2.45, 2.75) is 52.7 Å². The Kier molecular flexibility index (Phi) is 7.22. The highest BCUT2D eigenvalue weighted by atomic mass is 17.2. The Labute approximate surface area is 130 Å². The van der Waals surface area contributed by atoms with Gasteiger partial charge in [0.05, 0.1) is 22.3 Å². The molecule has 22 heavy (non-hydrogen) atoms. The zero-order chi connectivity index (χ0) is 17.6. The van der Waals surface area contributed by atoms with Gasteiger partial charge in [0.1, 0.15) is 0 Å². The van der Waals surface area contributed by atoms with Crippen molar-refractivity contribution in [1.29, 1.82) is 0 Å². The number of carboxylic acid groups (broad SMARTS) is 2. The summed E-state index contributed by atoms with van der Waals surface area (Å²) < 4.78 is 0. The summed E-state index contributed by atoms with van der Waals surface area (Å²) in [5, 5.41) is 17.1. The fraction of sp³-hybridized carbons (Fsp3) is 0.500. The fourth-order valence-corrected chi connectivity index (χ4v) is 1.11. The molecule has 2 N–H and O–H groups in total. The van der Waals surface area contributed by atoms with Crippen LogP contribution in [0.5, 0.6) is 0 Å². The number of carbonyl (C=O) groups is 2. The van der Waals surface area contributed by atoms with E-state index in [1.807, 2.05) is 41.5 Å².